The number of carboxylic acid groups (broad SMARTS) is 1. The van der Waals surface area contributed by atoms with Crippen molar-refractivity contribution >= 4 is 11.9 Å². The molecule has 1 rings (SSSR count). The fourth-order valence-corrected chi connectivity index (χ4v) is 2.03. The third kappa shape index (κ3) is 2.68. The lowest BCUT2D eigenvalue weighted by atomic mass is 10.0. The zero-order chi connectivity index (χ0) is 11.6. The molecule has 15 heavy (non-hydrogen) atoms. The molecule has 5 heteroatoms. The van der Waals surface area contributed by atoms with Crippen molar-refractivity contribution in [3.63, 3.8) is 0 Å². The second kappa shape index (κ2) is 4.61. The van der Waals surface area contributed by atoms with E-state index in [1.165, 1.54) is 0 Å². The van der Waals surface area contributed by atoms with E-state index in [1.54, 1.807) is 6.92 Å². The Hall–Kier alpha value is -1.10. The van der Waals surface area contributed by atoms with Gasteiger partial charge in [0.05, 0.1) is 5.92 Å². The summed E-state index contributed by atoms with van der Waals surface area (Å²) in [6.07, 6.45) is 0.655. The van der Waals surface area contributed by atoms with E-state index in [0.29, 0.717) is 13.0 Å². The van der Waals surface area contributed by atoms with Gasteiger partial charge in [0, 0.05) is 18.5 Å². The highest BCUT2D eigenvalue weighted by Gasteiger charge is 2.36. The lowest BCUT2D eigenvalue weighted by Crippen LogP contribution is -2.39. The molecule has 0 aromatic heterocycles. The molecule has 86 valence electrons. The van der Waals surface area contributed by atoms with Crippen molar-refractivity contribution in [1.29, 1.82) is 0 Å². The first-order chi connectivity index (χ1) is 6.93. The van der Waals surface area contributed by atoms with Gasteiger partial charge in [0.15, 0.2) is 0 Å². The summed E-state index contributed by atoms with van der Waals surface area (Å²) in [4.78, 5) is 23.8. The molecule has 1 aliphatic rings. The minimum Gasteiger partial charge on any atom is -0.481 e. The van der Waals surface area contributed by atoms with E-state index in [9.17, 15) is 9.59 Å². The number of carbonyl (C=O) groups excluding carboxylic acids is 1. The smallest absolute Gasteiger partial charge is 0.308 e. The summed E-state index contributed by atoms with van der Waals surface area (Å²) in [5.41, 5.74) is 5.17. The highest BCUT2D eigenvalue weighted by molar-refractivity contribution is 5.76. The van der Waals surface area contributed by atoms with Gasteiger partial charge in [-0.2, -0.15) is 0 Å². The summed E-state index contributed by atoms with van der Waals surface area (Å²) in [7, 11) is 0. The number of aliphatic carboxylic acids is 1. The Labute approximate surface area is 89.2 Å². The molecule has 1 heterocycles. The van der Waals surface area contributed by atoms with Gasteiger partial charge in [-0.1, -0.05) is 6.92 Å². The summed E-state index contributed by atoms with van der Waals surface area (Å²) in [5, 5.41) is 8.93. The van der Waals surface area contributed by atoms with Crippen LogP contribution < -0.4 is 5.73 Å². The molecule has 0 bridgehead atoms. The SMILES string of the molecule is CC(CN1CCC(C(=O)O)C1C)C(N)=O. The first kappa shape index (κ1) is 12.0. The standard InChI is InChI=1S/C10H18N2O3/c1-6(9(11)13)5-12-4-3-8(7(12)2)10(14)15/h6-8H,3-5H2,1-2H3,(H2,11,13)(H,14,15). The zero-order valence-corrected chi connectivity index (χ0v) is 9.14. The molecule has 1 amide bonds. The molecule has 0 radical (unpaired) electrons. The second-order valence-corrected chi connectivity index (χ2v) is 4.27. The van der Waals surface area contributed by atoms with Crippen LogP contribution in [0.3, 0.4) is 0 Å². The molecule has 3 N–H and O–H groups in total. The van der Waals surface area contributed by atoms with Crippen LogP contribution in [-0.4, -0.2) is 41.0 Å². The number of hydrogen-bond acceptors (Lipinski definition) is 3. The van der Waals surface area contributed by atoms with E-state index < -0.39 is 5.97 Å². The lowest BCUT2D eigenvalue weighted by molar-refractivity contribution is -0.142. The summed E-state index contributed by atoms with van der Waals surface area (Å²) in [6, 6.07) is -0.00991. The van der Waals surface area contributed by atoms with E-state index in [4.69, 9.17) is 10.8 Å². The topological polar surface area (TPSA) is 83.6 Å². The number of primary amides is 1. The fraction of sp³-hybridized carbons (Fsp3) is 0.800. The molecule has 0 aromatic rings. The minimum atomic E-state index is -0.753. The first-order valence-corrected chi connectivity index (χ1v) is 5.19. The number of carboxylic acids is 1. The second-order valence-electron chi connectivity index (χ2n) is 4.27. The molecule has 3 atom stereocenters. The van der Waals surface area contributed by atoms with Gasteiger partial charge >= 0.3 is 5.97 Å². The Morgan fingerprint density at radius 2 is 2.20 bits per heavy atom. The number of amides is 1. The van der Waals surface area contributed by atoms with Crippen molar-refractivity contribution in [2.45, 2.75) is 26.3 Å². The van der Waals surface area contributed by atoms with E-state index in [2.05, 4.69) is 0 Å². The van der Waals surface area contributed by atoms with E-state index in [0.717, 1.165) is 6.54 Å². The van der Waals surface area contributed by atoms with Crippen LogP contribution in [-0.2, 0) is 9.59 Å². The molecule has 0 saturated carbocycles. The Kier molecular flexibility index (Phi) is 3.68. The van der Waals surface area contributed by atoms with Crippen molar-refractivity contribution in [1.82, 2.24) is 4.90 Å². The maximum atomic E-state index is 10.9. The van der Waals surface area contributed by atoms with E-state index >= 15 is 0 Å². The van der Waals surface area contributed by atoms with Gasteiger partial charge in [0.25, 0.3) is 0 Å². The monoisotopic (exact) mass is 214 g/mol. The number of rotatable bonds is 4. The van der Waals surface area contributed by atoms with Crippen LogP contribution in [0.1, 0.15) is 20.3 Å². The Morgan fingerprint density at radius 1 is 1.60 bits per heavy atom. The first-order valence-electron chi connectivity index (χ1n) is 5.19. The van der Waals surface area contributed by atoms with Gasteiger partial charge in [0.2, 0.25) is 5.91 Å². The highest BCUT2D eigenvalue weighted by atomic mass is 16.4. The molecule has 1 saturated heterocycles. The van der Waals surface area contributed by atoms with Crippen molar-refractivity contribution < 1.29 is 14.7 Å². The average molecular weight is 214 g/mol. The molecular formula is C10H18N2O3. The van der Waals surface area contributed by atoms with Gasteiger partial charge in [-0.25, -0.2) is 0 Å². The van der Waals surface area contributed by atoms with Crippen LogP contribution >= 0.6 is 0 Å². The predicted octanol–water partition coefficient (Wildman–Crippen LogP) is -0.0972. The van der Waals surface area contributed by atoms with Crippen LogP contribution in [0, 0.1) is 11.8 Å². The largest absolute Gasteiger partial charge is 0.481 e. The number of nitrogens with two attached hydrogens (primary N) is 1. The summed E-state index contributed by atoms with van der Waals surface area (Å²) < 4.78 is 0. The number of nitrogens with zero attached hydrogens (tertiary/aromatic N) is 1. The molecule has 0 spiro atoms. The fourth-order valence-electron chi connectivity index (χ4n) is 2.03. The molecular weight excluding hydrogens is 196 g/mol. The lowest BCUT2D eigenvalue weighted by Gasteiger charge is -2.24. The number of carbonyl (C=O) groups is 2. The van der Waals surface area contributed by atoms with Crippen molar-refractivity contribution in [3.8, 4) is 0 Å². The molecule has 1 fully saturated rings. The summed E-state index contributed by atoms with van der Waals surface area (Å²) in [5.74, 6) is -1.62. The Balaban J connectivity index is 2.53. The van der Waals surface area contributed by atoms with Crippen LogP contribution in [0.25, 0.3) is 0 Å². The number of likely N-dealkylation sites (tertiary alicyclic amines) is 1. The van der Waals surface area contributed by atoms with E-state index in [-0.39, 0.29) is 23.8 Å². The van der Waals surface area contributed by atoms with Crippen LogP contribution in [0.5, 0.6) is 0 Å². The van der Waals surface area contributed by atoms with Crippen LogP contribution in [0.15, 0.2) is 0 Å². The van der Waals surface area contributed by atoms with Gasteiger partial charge in [-0.15, -0.1) is 0 Å². The van der Waals surface area contributed by atoms with Gasteiger partial charge in [-0.3, -0.25) is 14.5 Å². The molecule has 0 aliphatic carbocycles. The summed E-state index contributed by atoms with van der Waals surface area (Å²) >= 11 is 0. The van der Waals surface area contributed by atoms with E-state index in [1.807, 2.05) is 11.8 Å². The number of hydrogen-bond donors (Lipinski definition) is 2. The highest BCUT2D eigenvalue weighted by Crippen LogP contribution is 2.24. The zero-order valence-electron chi connectivity index (χ0n) is 9.14. The van der Waals surface area contributed by atoms with Crippen molar-refractivity contribution in [3.05, 3.63) is 0 Å². The molecule has 0 aromatic carbocycles. The Morgan fingerprint density at radius 3 is 2.60 bits per heavy atom. The van der Waals surface area contributed by atoms with Crippen LogP contribution in [0.2, 0.25) is 0 Å². The third-order valence-electron chi connectivity index (χ3n) is 3.20. The predicted molar refractivity (Wildman–Crippen MR) is 55.1 cm³/mol. The third-order valence-corrected chi connectivity index (χ3v) is 3.20. The van der Waals surface area contributed by atoms with Crippen molar-refractivity contribution in [2.24, 2.45) is 17.6 Å². The molecule has 5 nitrogen and oxygen atoms in total. The van der Waals surface area contributed by atoms with Crippen molar-refractivity contribution in [2.75, 3.05) is 13.1 Å². The average Bonchev–Trinajstić information content (AvgIpc) is 2.48. The van der Waals surface area contributed by atoms with Gasteiger partial charge in [-0.05, 0) is 19.9 Å². The van der Waals surface area contributed by atoms with Gasteiger partial charge in [0.1, 0.15) is 0 Å². The summed E-state index contributed by atoms with van der Waals surface area (Å²) in [6.45, 7) is 4.94. The quantitative estimate of drug-likeness (QED) is 0.684. The maximum Gasteiger partial charge on any atom is 0.308 e. The molecule has 1 aliphatic heterocycles. The Bertz CT molecular complexity index is 267. The minimum absolute atomic E-state index is 0.00991. The maximum absolute atomic E-state index is 10.9. The van der Waals surface area contributed by atoms with Crippen LogP contribution in [0.4, 0.5) is 0 Å². The normalized spacial score (nSPS) is 28.9. The van der Waals surface area contributed by atoms with Gasteiger partial charge < -0.3 is 10.8 Å². The molecule has 3 unspecified atom stereocenters.